The molecular formula is C14H13NO5. The molecule has 1 atom stereocenters. The van der Waals surface area contributed by atoms with Gasteiger partial charge >= 0.3 is 11.9 Å². The van der Waals surface area contributed by atoms with Crippen LogP contribution in [-0.4, -0.2) is 46.4 Å². The van der Waals surface area contributed by atoms with Crippen molar-refractivity contribution >= 4 is 17.7 Å². The van der Waals surface area contributed by atoms with Crippen LogP contribution in [0.25, 0.3) is 0 Å². The second-order valence-electron chi connectivity index (χ2n) is 4.69. The predicted octanol–water partition coefficient (Wildman–Crippen LogP) is 1.10. The number of benzene rings is 1. The quantitative estimate of drug-likeness (QED) is 0.631. The molecule has 0 spiro atoms. The highest BCUT2D eigenvalue weighted by atomic mass is 16.4. The molecule has 1 aromatic carbocycles. The summed E-state index contributed by atoms with van der Waals surface area (Å²) in [5.74, 6) is -3.27. The van der Waals surface area contributed by atoms with Crippen molar-refractivity contribution in [2.45, 2.75) is 0 Å². The fourth-order valence-electron chi connectivity index (χ4n) is 2.24. The Morgan fingerprint density at radius 1 is 1.15 bits per heavy atom. The summed E-state index contributed by atoms with van der Waals surface area (Å²) >= 11 is 0. The Morgan fingerprint density at radius 3 is 2.20 bits per heavy atom. The number of carbonyl (C=O) groups excluding carboxylic acids is 1. The van der Waals surface area contributed by atoms with Gasteiger partial charge in [0.05, 0.1) is 5.56 Å². The third-order valence-electron chi connectivity index (χ3n) is 3.30. The van der Waals surface area contributed by atoms with Gasteiger partial charge in [0.2, 0.25) is 0 Å². The number of hydrogen-bond acceptors (Lipinski definition) is 4. The molecule has 2 rings (SSSR count). The van der Waals surface area contributed by atoms with E-state index in [1.807, 2.05) is 0 Å². The lowest BCUT2D eigenvalue weighted by Crippen LogP contribution is -2.42. The Hall–Kier alpha value is -2.63. The molecule has 0 radical (unpaired) electrons. The molecule has 0 fully saturated rings. The van der Waals surface area contributed by atoms with Gasteiger partial charge in [0, 0.05) is 19.2 Å². The van der Waals surface area contributed by atoms with Gasteiger partial charge in [0.15, 0.2) is 11.2 Å². The average Bonchev–Trinajstić information content (AvgIpc) is 2.81. The summed E-state index contributed by atoms with van der Waals surface area (Å²) in [6.07, 6.45) is 2.81. The summed E-state index contributed by atoms with van der Waals surface area (Å²) in [7, 11) is 1.65. The zero-order chi connectivity index (χ0) is 14.9. The lowest BCUT2D eigenvalue weighted by molar-refractivity contribution is -0.143. The maximum atomic E-state index is 12.6. The first kappa shape index (κ1) is 13.8. The third-order valence-corrected chi connectivity index (χ3v) is 3.30. The number of carbonyl (C=O) groups is 3. The number of carboxylic acids is 2. The number of hydrogen-bond donors (Lipinski definition) is 2. The monoisotopic (exact) mass is 275 g/mol. The molecule has 1 aliphatic heterocycles. The Labute approximate surface area is 114 Å². The van der Waals surface area contributed by atoms with Crippen LogP contribution in [0, 0.1) is 5.41 Å². The van der Waals surface area contributed by atoms with Gasteiger partial charge in [-0.25, -0.2) is 4.79 Å². The predicted molar refractivity (Wildman–Crippen MR) is 69.6 cm³/mol. The zero-order valence-corrected chi connectivity index (χ0v) is 10.7. The molecule has 0 saturated heterocycles. The standard InChI is InChI=1S/C14H13NO5/c1-15-7-6-14(8-15,13(19)20)11(16)9-4-2-3-5-10(9)12(17)18/h2-7H,8H2,1H3,(H,17,18)(H,19,20). The molecule has 0 aliphatic carbocycles. The van der Waals surface area contributed by atoms with Crippen LogP contribution in [0.1, 0.15) is 20.7 Å². The normalized spacial score (nSPS) is 20.9. The summed E-state index contributed by atoms with van der Waals surface area (Å²) in [5, 5.41) is 18.5. The average molecular weight is 275 g/mol. The summed E-state index contributed by atoms with van der Waals surface area (Å²) in [6, 6.07) is 5.62. The minimum Gasteiger partial charge on any atom is -0.480 e. The molecule has 1 unspecified atom stereocenters. The molecular weight excluding hydrogens is 262 g/mol. The van der Waals surface area contributed by atoms with Crippen molar-refractivity contribution in [2.75, 3.05) is 13.6 Å². The second-order valence-corrected chi connectivity index (χ2v) is 4.69. The van der Waals surface area contributed by atoms with Gasteiger partial charge < -0.3 is 15.1 Å². The lowest BCUT2D eigenvalue weighted by atomic mass is 9.80. The topological polar surface area (TPSA) is 94.9 Å². The molecule has 104 valence electrons. The van der Waals surface area contributed by atoms with E-state index in [4.69, 9.17) is 5.11 Å². The highest BCUT2D eigenvalue weighted by Gasteiger charge is 2.48. The second kappa shape index (κ2) is 4.80. The van der Waals surface area contributed by atoms with Crippen molar-refractivity contribution in [1.82, 2.24) is 4.90 Å². The largest absolute Gasteiger partial charge is 0.480 e. The number of aromatic carboxylic acids is 1. The van der Waals surface area contributed by atoms with E-state index >= 15 is 0 Å². The van der Waals surface area contributed by atoms with E-state index in [-0.39, 0.29) is 17.7 Å². The fraction of sp³-hybridized carbons (Fsp3) is 0.214. The lowest BCUT2D eigenvalue weighted by Gasteiger charge is -2.23. The molecule has 1 heterocycles. The minimum absolute atomic E-state index is 0.0187. The van der Waals surface area contributed by atoms with Crippen LogP contribution in [0.3, 0.4) is 0 Å². The SMILES string of the molecule is CN1C=CC(C(=O)O)(C(=O)c2ccccc2C(=O)O)C1. The maximum absolute atomic E-state index is 12.6. The molecule has 6 heteroatoms. The van der Waals surface area contributed by atoms with Crippen LogP contribution in [0.5, 0.6) is 0 Å². The van der Waals surface area contributed by atoms with Crippen molar-refractivity contribution < 1.29 is 24.6 Å². The first-order chi connectivity index (χ1) is 9.38. The summed E-state index contributed by atoms with van der Waals surface area (Å²) in [4.78, 5) is 36.8. The third kappa shape index (κ3) is 2.05. The number of nitrogens with zero attached hydrogens (tertiary/aromatic N) is 1. The summed E-state index contributed by atoms with van der Waals surface area (Å²) in [6.45, 7) is -0.0187. The van der Waals surface area contributed by atoms with Crippen molar-refractivity contribution in [3.8, 4) is 0 Å². The molecule has 1 aromatic rings. The number of rotatable bonds is 4. The van der Waals surface area contributed by atoms with Gasteiger partial charge in [-0.1, -0.05) is 18.2 Å². The van der Waals surface area contributed by atoms with Gasteiger partial charge in [-0.3, -0.25) is 9.59 Å². The van der Waals surface area contributed by atoms with E-state index < -0.39 is 23.1 Å². The van der Waals surface area contributed by atoms with Crippen LogP contribution in [0.4, 0.5) is 0 Å². The van der Waals surface area contributed by atoms with Crippen molar-refractivity contribution in [1.29, 1.82) is 0 Å². The van der Waals surface area contributed by atoms with Crippen molar-refractivity contribution in [3.05, 3.63) is 47.7 Å². The molecule has 6 nitrogen and oxygen atoms in total. The van der Waals surface area contributed by atoms with Crippen LogP contribution in [0.15, 0.2) is 36.5 Å². The zero-order valence-electron chi connectivity index (χ0n) is 10.7. The number of carboxylic acid groups (broad SMARTS) is 2. The highest BCUT2D eigenvalue weighted by molar-refractivity contribution is 6.17. The molecule has 0 saturated carbocycles. The number of Topliss-reactive ketones (excluding diaryl/α,β-unsaturated/α-hetero) is 1. The summed E-state index contributed by atoms with van der Waals surface area (Å²) in [5.41, 5.74) is -2.02. The van der Waals surface area contributed by atoms with Crippen LogP contribution in [-0.2, 0) is 4.79 Å². The number of aliphatic carboxylic acids is 1. The molecule has 0 amide bonds. The van der Waals surface area contributed by atoms with Gasteiger partial charge in [-0.05, 0) is 18.3 Å². The fourth-order valence-corrected chi connectivity index (χ4v) is 2.24. The smallest absolute Gasteiger partial charge is 0.336 e. The van der Waals surface area contributed by atoms with Gasteiger partial charge in [0.25, 0.3) is 0 Å². The van der Waals surface area contributed by atoms with Crippen LogP contribution in [0.2, 0.25) is 0 Å². The van der Waals surface area contributed by atoms with E-state index in [2.05, 4.69) is 0 Å². The van der Waals surface area contributed by atoms with E-state index in [1.165, 1.54) is 36.5 Å². The molecule has 20 heavy (non-hydrogen) atoms. The minimum atomic E-state index is -1.74. The van der Waals surface area contributed by atoms with Crippen molar-refractivity contribution in [3.63, 3.8) is 0 Å². The number of ketones is 1. The van der Waals surface area contributed by atoms with E-state index in [0.717, 1.165) is 0 Å². The molecule has 2 N–H and O–H groups in total. The Bertz CT molecular complexity index is 622. The summed E-state index contributed by atoms with van der Waals surface area (Å²) < 4.78 is 0. The van der Waals surface area contributed by atoms with Crippen LogP contribution < -0.4 is 0 Å². The van der Waals surface area contributed by atoms with E-state index in [1.54, 1.807) is 11.9 Å². The molecule has 0 aromatic heterocycles. The highest BCUT2D eigenvalue weighted by Crippen LogP contribution is 2.32. The Morgan fingerprint density at radius 2 is 1.75 bits per heavy atom. The first-order valence-corrected chi connectivity index (χ1v) is 5.88. The Balaban J connectivity index is 2.53. The van der Waals surface area contributed by atoms with Gasteiger partial charge in [-0.15, -0.1) is 0 Å². The first-order valence-electron chi connectivity index (χ1n) is 5.88. The van der Waals surface area contributed by atoms with Crippen LogP contribution >= 0.6 is 0 Å². The van der Waals surface area contributed by atoms with Crippen molar-refractivity contribution in [2.24, 2.45) is 5.41 Å². The van der Waals surface area contributed by atoms with E-state index in [0.29, 0.717) is 0 Å². The Kier molecular flexibility index (Phi) is 3.31. The maximum Gasteiger partial charge on any atom is 0.336 e. The molecule has 0 bridgehead atoms. The van der Waals surface area contributed by atoms with E-state index in [9.17, 15) is 19.5 Å². The van der Waals surface area contributed by atoms with Gasteiger partial charge in [-0.2, -0.15) is 0 Å². The van der Waals surface area contributed by atoms with Gasteiger partial charge in [0.1, 0.15) is 0 Å². The molecule has 1 aliphatic rings.